The fourth-order valence-electron chi connectivity index (χ4n) is 3.55. The van der Waals surface area contributed by atoms with Crippen LogP contribution in [-0.2, 0) is 19.6 Å². The maximum absolute atomic E-state index is 13.0. The van der Waals surface area contributed by atoms with Crippen molar-refractivity contribution in [3.05, 3.63) is 84.2 Å². The van der Waals surface area contributed by atoms with Crippen LogP contribution in [0.4, 0.5) is 21.5 Å². The number of nitrogens with one attached hydrogen (secondary N) is 2. The van der Waals surface area contributed by atoms with E-state index in [-0.39, 0.29) is 23.1 Å². The maximum Gasteiger partial charge on any atom is 0.261 e. The zero-order valence-electron chi connectivity index (χ0n) is 17.8. The van der Waals surface area contributed by atoms with Gasteiger partial charge in [0.2, 0.25) is 11.8 Å². The molecule has 1 aliphatic heterocycles. The Morgan fingerprint density at radius 2 is 1.55 bits per heavy atom. The summed E-state index contributed by atoms with van der Waals surface area (Å²) < 4.78 is 40.3. The molecule has 0 aromatic heterocycles. The smallest absolute Gasteiger partial charge is 0.261 e. The second-order valence-corrected chi connectivity index (χ2v) is 9.55. The summed E-state index contributed by atoms with van der Waals surface area (Å²) in [5.41, 5.74) is 2.62. The fourth-order valence-corrected chi connectivity index (χ4v) is 4.61. The number of aryl methyl sites for hydroxylation is 1. The molecule has 4 rings (SSSR count). The lowest BCUT2D eigenvalue weighted by Gasteiger charge is -2.17. The number of hydrogen-bond donors (Lipinski definition) is 2. The SMILES string of the molecule is Cc1ccc(N2CC(C(=O)Nc3ccc(NS(=O)(=O)c4ccc(F)cc4)cc3)CC2=O)cc1. The van der Waals surface area contributed by atoms with Crippen LogP contribution < -0.4 is 14.9 Å². The number of nitrogens with zero attached hydrogens (tertiary/aromatic N) is 1. The van der Waals surface area contributed by atoms with E-state index in [1.165, 1.54) is 24.3 Å². The van der Waals surface area contributed by atoms with E-state index in [1.54, 1.807) is 17.0 Å². The Labute approximate surface area is 191 Å². The molecular weight excluding hydrogens is 445 g/mol. The first-order chi connectivity index (χ1) is 15.7. The number of carbonyl (C=O) groups excluding carboxylic acids is 2. The van der Waals surface area contributed by atoms with E-state index in [0.29, 0.717) is 17.9 Å². The predicted molar refractivity (Wildman–Crippen MR) is 124 cm³/mol. The van der Waals surface area contributed by atoms with Crippen LogP contribution in [-0.4, -0.2) is 26.8 Å². The molecule has 3 aromatic carbocycles. The minimum absolute atomic E-state index is 0.0645. The second kappa shape index (κ2) is 9.03. The van der Waals surface area contributed by atoms with Gasteiger partial charge in [0, 0.05) is 30.0 Å². The zero-order valence-corrected chi connectivity index (χ0v) is 18.6. The van der Waals surface area contributed by atoms with E-state index in [2.05, 4.69) is 10.0 Å². The summed E-state index contributed by atoms with van der Waals surface area (Å²) in [5, 5.41) is 2.78. The van der Waals surface area contributed by atoms with Crippen LogP contribution in [0.1, 0.15) is 12.0 Å². The summed E-state index contributed by atoms with van der Waals surface area (Å²) >= 11 is 0. The number of amides is 2. The lowest BCUT2D eigenvalue weighted by molar-refractivity contribution is -0.122. The molecule has 0 bridgehead atoms. The highest BCUT2D eigenvalue weighted by molar-refractivity contribution is 7.92. The van der Waals surface area contributed by atoms with Crippen molar-refractivity contribution in [3.63, 3.8) is 0 Å². The molecule has 9 heteroatoms. The molecule has 1 fully saturated rings. The van der Waals surface area contributed by atoms with Crippen LogP contribution in [0, 0.1) is 18.7 Å². The largest absolute Gasteiger partial charge is 0.326 e. The highest BCUT2D eigenvalue weighted by Crippen LogP contribution is 2.27. The highest BCUT2D eigenvalue weighted by Gasteiger charge is 2.35. The molecule has 0 spiro atoms. The summed E-state index contributed by atoms with van der Waals surface area (Å²) in [7, 11) is -3.87. The number of halogens is 1. The number of sulfonamides is 1. The van der Waals surface area contributed by atoms with Gasteiger partial charge < -0.3 is 10.2 Å². The quantitative estimate of drug-likeness (QED) is 0.574. The van der Waals surface area contributed by atoms with Gasteiger partial charge in [-0.25, -0.2) is 12.8 Å². The molecule has 33 heavy (non-hydrogen) atoms. The fraction of sp³-hybridized carbons (Fsp3) is 0.167. The Hall–Kier alpha value is -3.72. The molecule has 2 N–H and O–H groups in total. The number of rotatable bonds is 6. The molecule has 1 atom stereocenters. The van der Waals surface area contributed by atoms with Crippen molar-refractivity contribution in [1.82, 2.24) is 0 Å². The van der Waals surface area contributed by atoms with E-state index in [4.69, 9.17) is 0 Å². The molecular formula is C24H22FN3O4S. The van der Waals surface area contributed by atoms with Crippen LogP contribution in [0.3, 0.4) is 0 Å². The van der Waals surface area contributed by atoms with Gasteiger partial charge in [-0.1, -0.05) is 17.7 Å². The van der Waals surface area contributed by atoms with Gasteiger partial charge in [-0.2, -0.15) is 0 Å². The van der Waals surface area contributed by atoms with Crippen molar-refractivity contribution in [1.29, 1.82) is 0 Å². The summed E-state index contributed by atoms with van der Waals surface area (Å²) in [6.07, 6.45) is 0.120. The van der Waals surface area contributed by atoms with Gasteiger partial charge in [-0.15, -0.1) is 0 Å². The van der Waals surface area contributed by atoms with Gasteiger partial charge in [0.15, 0.2) is 0 Å². The topological polar surface area (TPSA) is 95.6 Å². The van der Waals surface area contributed by atoms with Crippen LogP contribution in [0.25, 0.3) is 0 Å². The minimum atomic E-state index is -3.87. The lowest BCUT2D eigenvalue weighted by atomic mass is 10.1. The molecule has 0 saturated carbocycles. The van der Waals surface area contributed by atoms with Crippen LogP contribution >= 0.6 is 0 Å². The van der Waals surface area contributed by atoms with Crippen molar-refractivity contribution in [2.75, 3.05) is 21.5 Å². The first-order valence-corrected chi connectivity index (χ1v) is 11.8. The Kier molecular flexibility index (Phi) is 6.15. The van der Waals surface area contributed by atoms with E-state index < -0.39 is 21.8 Å². The van der Waals surface area contributed by atoms with Gasteiger partial charge >= 0.3 is 0 Å². The molecule has 170 valence electrons. The third kappa shape index (κ3) is 5.20. The lowest BCUT2D eigenvalue weighted by Crippen LogP contribution is -2.28. The van der Waals surface area contributed by atoms with Crippen molar-refractivity contribution in [2.24, 2.45) is 5.92 Å². The molecule has 0 aliphatic carbocycles. The molecule has 2 amide bonds. The Bertz CT molecular complexity index is 1270. The summed E-state index contributed by atoms with van der Waals surface area (Å²) in [5.74, 6) is -1.40. The summed E-state index contributed by atoms with van der Waals surface area (Å²) in [6, 6.07) is 18.2. The molecule has 1 heterocycles. The molecule has 1 aliphatic rings. The molecule has 0 radical (unpaired) electrons. The Morgan fingerprint density at radius 1 is 0.939 bits per heavy atom. The third-order valence-corrected chi connectivity index (χ3v) is 6.77. The average molecular weight is 468 g/mol. The van der Waals surface area contributed by atoms with Gasteiger partial charge in [-0.3, -0.25) is 14.3 Å². The molecule has 1 saturated heterocycles. The van der Waals surface area contributed by atoms with E-state index >= 15 is 0 Å². The maximum atomic E-state index is 13.0. The zero-order chi connectivity index (χ0) is 23.6. The van der Waals surface area contributed by atoms with Crippen molar-refractivity contribution >= 4 is 38.9 Å². The third-order valence-electron chi connectivity index (χ3n) is 5.37. The van der Waals surface area contributed by atoms with Crippen LogP contribution in [0.5, 0.6) is 0 Å². The number of hydrogen-bond acceptors (Lipinski definition) is 4. The van der Waals surface area contributed by atoms with Crippen LogP contribution in [0.2, 0.25) is 0 Å². The van der Waals surface area contributed by atoms with Crippen molar-refractivity contribution in [2.45, 2.75) is 18.2 Å². The number of anilines is 3. The van der Waals surface area contributed by atoms with Crippen molar-refractivity contribution < 1.29 is 22.4 Å². The molecule has 1 unspecified atom stereocenters. The van der Waals surface area contributed by atoms with Gasteiger partial charge in [0.05, 0.1) is 10.8 Å². The Morgan fingerprint density at radius 3 is 2.18 bits per heavy atom. The first kappa shape index (κ1) is 22.5. The predicted octanol–water partition coefficient (Wildman–Crippen LogP) is 3.93. The minimum Gasteiger partial charge on any atom is -0.326 e. The summed E-state index contributed by atoms with van der Waals surface area (Å²) in [4.78, 5) is 26.6. The standard InChI is InChI=1S/C24H22FN3O4S/c1-16-2-10-21(11-3-16)28-15-17(14-23(28)29)24(30)26-19-6-8-20(9-7-19)27-33(31,32)22-12-4-18(25)5-13-22/h2-13,17,27H,14-15H2,1H3,(H,26,30). The Balaban J connectivity index is 1.38. The van der Waals surface area contributed by atoms with Crippen LogP contribution in [0.15, 0.2) is 77.7 Å². The monoisotopic (exact) mass is 467 g/mol. The van der Waals surface area contributed by atoms with Gasteiger partial charge in [0.1, 0.15) is 5.82 Å². The number of benzene rings is 3. The van der Waals surface area contributed by atoms with Gasteiger partial charge in [0.25, 0.3) is 10.0 Å². The second-order valence-electron chi connectivity index (χ2n) is 7.87. The summed E-state index contributed by atoms with van der Waals surface area (Å²) in [6.45, 7) is 2.26. The van der Waals surface area contributed by atoms with Gasteiger partial charge in [-0.05, 0) is 67.6 Å². The average Bonchev–Trinajstić information content (AvgIpc) is 3.17. The van der Waals surface area contributed by atoms with Crippen molar-refractivity contribution in [3.8, 4) is 0 Å². The molecule has 7 nitrogen and oxygen atoms in total. The molecule has 3 aromatic rings. The first-order valence-electron chi connectivity index (χ1n) is 10.3. The van der Waals surface area contributed by atoms with E-state index in [0.717, 1.165) is 23.4 Å². The van der Waals surface area contributed by atoms with E-state index in [9.17, 15) is 22.4 Å². The normalized spacial score (nSPS) is 16.0. The van der Waals surface area contributed by atoms with E-state index in [1.807, 2.05) is 31.2 Å². The highest BCUT2D eigenvalue weighted by atomic mass is 32.2. The number of carbonyl (C=O) groups is 2.